The Kier molecular flexibility index (Phi) is 5.33. The second kappa shape index (κ2) is 7.22. The first-order valence-electron chi connectivity index (χ1n) is 7.44. The number of nitrogens with one attached hydrogen (secondary N) is 2. The summed E-state index contributed by atoms with van der Waals surface area (Å²) in [5.41, 5.74) is 7.16. The highest BCUT2D eigenvalue weighted by atomic mass is 16.2. The number of amides is 2. The maximum atomic E-state index is 11.5. The van der Waals surface area contributed by atoms with Crippen molar-refractivity contribution < 1.29 is 9.59 Å². The van der Waals surface area contributed by atoms with Gasteiger partial charge in [-0.2, -0.15) is 0 Å². The monoisotopic (exact) mass is 289 g/mol. The summed E-state index contributed by atoms with van der Waals surface area (Å²) in [4.78, 5) is 22.6. The number of primary amides is 1. The van der Waals surface area contributed by atoms with E-state index in [0.717, 1.165) is 37.8 Å². The summed E-state index contributed by atoms with van der Waals surface area (Å²) in [6.07, 6.45) is 3.74. The molecule has 4 N–H and O–H groups in total. The molecule has 1 aliphatic rings. The molecule has 1 aliphatic carbocycles. The Labute approximate surface area is 125 Å². The Balaban J connectivity index is 1.79. The predicted octanol–water partition coefficient (Wildman–Crippen LogP) is 1.18. The van der Waals surface area contributed by atoms with E-state index in [0.29, 0.717) is 11.6 Å². The van der Waals surface area contributed by atoms with Crippen molar-refractivity contribution >= 4 is 11.8 Å². The fourth-order valence-electron chi connectivity index (χ4n) is 2.76. The summed E-state index contributed by atoms with van der Waals surface area (Å²) in [6, 6.07) is 8.04. The number of hydrogen-bond donors (Lipinski definition) is 3. The number of carbonyl (C=O) groups is 2. The van der Waals surface area contributed by atoms with E-state index in [1.165, 1.54) is 0 Å². The van der Waals surface area contributed by atoms with Crippen LogP contribution >= 0.6 is 0 Å². The highest BCUT2D eigenvalue weighted by molar-refractivity contribution is 5.93. The molecule has 0 aliphatic heterocycles. The van der Waals surface area contributed by atoms with Crippen LogP contribution in [0.4, 0.5) is 0 Å². The zero-order valence-corrected chi connectivity index (χ0v) is 12.4. The van der Waals surface area contributed by atoms with Crippen molar-refractivity contribution in [2.75, 3.05) is 7.05 Å². The average Bonchev–Trinajstić information content (AvgIpc) is 2.53. The van der Waals surface area contributed by atoms with Crippen LogP contribution in [0.2, 0.25) is 0 Å². The van der Waals surface area contributed by atoms with Crippen LogP contribution in [0.25, 0.3) is 0 Å². The van der Waals surface area contributed by atoms with Crippen molar-refractivity contribution in [3.05, 3.63) is 35.4 Å². The standard InChI is InChI=1S/C16H23N3O2/c1-18-16(21)13-4-2-11(3-5-13)10-19-14-8-6-12(7-9-14)15(17)20/h2-5,12,14,19H,6-10H2,1H3,(H2,17,20)(H,18,21). The first kappa shape index (κ1) is 15.5. The van der Waals surface area contributed by atoms with E-state index in [9.17, 15) is 9.59 Å². The second-order valence-electron chi connectivity index (χ2n) is 5.61. The summed E-state index contributed by atoms with van der Waals surface area (Å²) in [7, 11) is 1.63. The van der Waals surface area contributed by atoms with Crippen LogP contribution in [0.1, 0.15) is 41.6 Å². The molecule has 5 heteroatoms. The van der Waals surface area contributed by atoms with Crippen LogP contribution in [-0.2, 0) is 11.3 Å². The summed E-state index contributed by atoms with van der Waals surface area (Å²) >= 11 is 0. The molecule has 21 heavy (non-hydrogen) atoms. The van der Waals surface area contributed by atoms with Gasteiger partial charge >= 0.3 is 0 Å². The number of hydrogen-bond acceptors (Lipinski definition) is 3. The topological polar surface area (TPSA) is 84.2 Å². The van der Waals surface area contributed by atoms with Crippen LogP contribution in [0.3, 0.4) is 0 Å². The van der Waals surface area contributed by atoms with Crippen LogP contribution in [0.5, 0.6) is 0 Å². The lowest BCUT2D eigenvalue weighted by Crippen LogP contribution is -2.36. The lowest BCUT2D eigenvalue weighted by atomic mass is 9.85. The van der Waals surface area contributed by atoms with E-state index < -0.39 is 0 Å². The first-order chi connectivity index (χ1) is 10.1. The third kappa shape index (κ3) is 4.29. The second-order valence-corrected chi connectivity index (χ2v) is 5.61. The molecule has 1 saturated carbocycles. The Hall–Kier alpha value is -1.88. The van der Waals surface area contributed by atoms with Gasteiger partial charge in [-0.05, 0) is 43.4 Å². The Bertz CT molecular complexity index is 491. The molecule has 2 amide bonds. The maximum absolute atomic E-state index is 11.5. The SMILES string of the molecule is CNC(=O)c1ccc(CNC2CCC(C(N)=O)CC2)cc1. The van der Waals surface area contributed by atoms with E-state index in [1.54, 1.807) is 7.05 Å². The smallest absolute Gasteiger partial charge is 0.251 e. The van der Waals surface area contributed by atoms with E-state index in [1.807, 2.05) is 24.3 Å². The van der Waals surface area contributed by atoms with Crippen molar-refractivity contribution in [3.63, 3.8) is 0 Å². The van der Waals surface area contributed by atoms with Crippen molar-refractivity contribution in [2.45, 2.75) is 38.3 Å². The zero-order chi connectivity index (χ0) is 15.2. The molecule has 1 aromatic rings. The van der Waals surface area contributed by atoms with Gasteiger partial charge in [-0.25, -0.2) is 0 Å². The lowest BCUT2D eigenvalue weighted by molar-refractivity contribution is -0.122. The van der Waals surface area contributed by atoms with Gasteiger partial charge in [-0.15, -0.1) is 0 Å². The minimum atomic E-state index is -0.168. The van der Waals surface area contributed by atoms with Gasteiger partial charge in [-0.3, -0.25) is 9.59 Å². The molecule has 114 valence electrons. The molecule has 0 heterocycles. The first-order valence-corrected chi connectivity index (χ1v) is 7.44. The molecule has 0 spiro atoms. The predicted molar refractivity (Wildman–Crippen MR) is 81.6 cm³/mol. The molecule has 1 aromatic carbocycles. The van der Waals surface area contributed by atoms with Gasteiger partial charge in [0, 0.05) is 31.1 Å². The third-order valence-corrected chi connectivity index (χ3v) is 4.17. The van der Waals surface area contributed by atoms with Crippen molar-refractivity contribution in [2.24, 2.45) is 11.7 Å². The summed E-state index contributed by atoms with van der Waals surface area (Å²) in [5, 5.41) is 6.11. The number of benzene rings is 1. The highest BCUT2D eigenvalue weighted by Gasteiger charge is 2.24. The van der Waals surface area contributed by atoms with Crippen LogP contribution < -0.4 is 16.4 Å². The summed E-state index contributed by atoms with van der Waals surface area (Å²) < 4.78 is 0. The number of carbonyl (C=O) groups excluding carboxylic acids is 2. The normalized spacial score (nSPS) is 21.8. The molecule has 0 unspecified atom stereocenters. The molecule has 0 bridgehead atoms. The Morgan fingerprint density at radius 3 is 2.29 bits per heavy atom. The van der Waals surface area contributed by atoms with E-state index in [4.69, 9.17) is 5.73 Å². The van der Waals surface area contributed by atoms with Gasteiger partial charge in [0.2, 0.25) is 5.91 Å². The largest absolute Gasteiger partial charge is 0.369 e. The molecular weight excluding hydrogens is 266 g/mol. The van der Waals surface area contributed by atoms with Gasteiger partial charge in [0.05, 0.1) is 0 Å². The molecule has 1 fully saturated rings. The molecule has 0 atom stereocenters. The molecular formula is C16H23N3O2. The van der Waals surface area contributed by atoms with E-state index >= 15 is 0 Å². The highest BCUT2D eigenvalue weighted by Crippen LogP contribution is 2.24. The van der Waals surface area contributed by atoms with Gasteiger partial charge in [0.1, 0.15) is 0 Å². The van der Waals surface area contributed by atoms with E-state index in [-0.39, 0.29) is 17.7 Å². The quantitative estimate of drug-likeness (QED) is 0.761. The van der Waals surface area contributed by atoms with Gasteiger partial charge in [0.25, 0.3) is 5.91 Å². The number of rotatable bonds is 5. The van der Waals surface area contributed by atoms with E-state index in [2.05, 4.69) is 10.6 Å². The summed E-state index contributed by atoms with van der Waals surface area (Å²) in [6.45, 7) is 0.778. The maximum Gasteiger partial charge on any atom is 0.251 e. The fourth-order valence-corrected chi connectivity index (χ4v) is 2.76. The minimum Gasteiger partial charge on any atom is -0.369 e. The average molecular weight is 289 g/mol. The minimum absolute atomic E-state index is 0.0508. The Morgan fingerprint density at radius 2 is 1.76 bits per heavy atom. The van der Waals surface area contributed by atoms with Crippen LogP contribution in [0, 0.1) is 5.92 Å². The van der Waals surface area contributed by atoms with Crippen molar-refractivity contribution in [1.82, 2.24) is 10.6 Å². The van der Waals surface area contributed by atoms with Crippen molar-refractivity contribution in [3.8, 4) is 0 Å². The summed E-state index contributed by atoms with van der Waals surface area (Å²) in [5.74, 6) is -0.188. The third-order valence-electron chi connectivity index (χ3n) is 4.17. The molecule has 0 saturated heterocycles. The lowest BCUT2D eigenvalue weighted by Gasteiger charge is -2.27. The molecule has 5 nitrogen and oxygen atoms in total. The van der Waals surface area contributed by atoms with Gasteiger partial charge in [0.15, 0.2) is 0 Å². The number of nitrogens with two attached hydrogens (primary N) is 1. The fraction of sp³-hybridized carbons (Fsp3) is 0.500. The van der Waals surface area contributed by atoms with Crippen molar-refractivity contribution in [1.29, 1.82) is 0 Å². The molecule has 0 aromatic heterocycles. The Morgan fingerprint density at radius 1 is 1.14 bits per heavy atom. The van der Waals surface area contributed by atoms with Gasteiger partial charge < -0.3 is 16.4 Å². The van der Waals surface area contributed by atoms with Crippen LogP contribution in [0.15, 0.2) is 24.3 Å². The van der Waals surface area contributed by atoms with Gasteiger partial charge in [-0.1, -0.05) is 12.1 Å². The zero-order valence-electron chi connectivity index (χ0n) is 12.4. The van der Waals surface area contributed by atoms with Crippen LogP contribution in [-0.4, -0.2) is 24.9 Å². The molecule has 2 rings (SSSR count). The molecule has 0 radical (unpaired) electrons.